The maximum Gasteiger partial charge on any atom is 0.143 e. The minimum Gasteiger partial charge on any atom is -0.391 e. The van der Waals surface area contributed by atoms with E-state index < -0.39 is 11.7 Å². The van der Waals surface area contributed by atoms with E-state index in [-0.39, 0.29) is 19.8 Å². The smallest absolute Gasteiger partial charge is 0.143 e. The lowest BCUT2D eigenvalue weighted by Gasteiger charge is -2.36. The second-order valence-electron chi connectivity index (χ2n) is 11.7. The van der Waals surface area contributed by atoms with Gasteiger partial charge < -0.3 is 39.3 Å². The van der Waals surface area contributed by atoms with Gasteiger partial charge in [-0.25, -0.2) is 0 Å². The molecule has 3 aromatic carbocycles. The van der Waals surface area contributed by atoms with E-state index in [2.05, 4.69) is 85.1 Å². The van der Waals surface area contributed by atoms with Crippen molar-refractivity contribution in [3.63, 3.8) is 0 Å². The highest BCUT2D eigenvalue weighted by Crippen LogP contribution is 2.40. The summed E-state index contributed by atoms with van der Waals surface area (Å²) in [6.45, 7) is 14.5. The summed E-state index contributed by atoms with van der Waals surface area (Å²) < 4.78 is 31.0. The predicted molar refractivity (Wildman–Crippen MR) is 202 cm³/mol. The van der Waals surface area contributed by atoms with E-state index in [1.54, 1.807) is 0 Å². The van der Waals surface area contributed by atoms with E-state index in [1.807, 2.05) is 54.6 Å². The van der Waals surface area contributed by atoms with Gasteiger partial charge in [0, 0.05) is 24.9 Å². The molecule has 0 fully saturated rings. The van der Waals surface area contributed by atoms with Crippen LogP contribution in [-0.2, 0) is 29.3 Å². The van der Waals surface area contributed by atoms with Crippen molar-refractivity contribution >= 4 is 15.6 Å². The average molecular weight is 701 g/mol. The molecule has 0 spiro atoms. The van der Waals surface area contributed by atoms with Gasteiger partial charge in [-0.1, -0.05) is 107 Å². The maximum absolute atomic E-state index is 9.96. The molecule has 0 bridgehead atoms. The molecule has 0 aliphatic carbocycles. The Morgan fingerprint density at radius 3 is 1.33 bits per heavy atom. The van der Waals surface area contributed by atoms with Crippen LogP contribution in [0.3, 0.4) is 0 Å². The zero-order valence-electron chi connectivity index (χ0n) is 30.2. The molecule has 3 N–H and O–H groups in total. The van der Waals surface area contributed by atoms with Crippen molar-refractivity contribution in [2.24, 2.45) is 0 Å². The number of nitrogens with one attached hydrogen (secondary N) is 1. The van der Waals surface area contributed by atoms with E-state index in [4.69, 9.17) is 34.2 Å². The van der Waals surface area contributed by atoms with Gasteiger partial charge >= 0.3 is 0 Å². The molecule has 10 heteroatoms. The molecule has 0 aromatic heterocycles. The van der Waals surface area contributed by atoms with Crippen LogP contribution >= 0.6 is 9.39 Å². The molecular weight excluding hydrogens is 639 g/mol. The molecule has 2 atom stereocenters. The Hall–Kier alpha value is -2.56. The largest absolute Gasteiger partial charge is 0.391 e. The molecule has 0 saturated heterocycles. The zero-order chi connectivity index (χ0) is 36.2. The van der Waals surface area contributed by atoms with Crippen LogP contribution in [0.5, 0.6) is 0 Å². The van der Waals surface area contributed by atoms with Crippen LogP contribution in [0.4, 0.5) is 0 Å². The Kier molecular flexibility index (Phi) is 25.6. The summed E-state index contributed by atoms with van der Waals surface area (Å²) in [4.78, 5) is 0. The Morgan fingerprint density at radius 2 is 1.00 bits per heavy atom. The van der Waals surface area contributed by atoms with Crippen molar-refractivity contribution in [3.8, 4) is 0 Å². The van der Waals surface area contributed by atoms with E-state index in [0.717, 1.165) is 35.9 Å². The SMILES string of the molecule is CC(C)N(P)C(C)C.CCCOCCOCC(O)COCCOCCOC(c1ccccc1)(c1ccccc1)c1ccccc1.N=CCO. The first-order valence-corrected chi connectivity index (χ1v) is 17.7. The fourth-order valence-electron chi connectivity index (χ4n) is 4.69. The third kappa shape index (κ3) is 18.3. The van der Waals surface area contributed by atoms with Crippen LogP contribution < -0.4 is 0 Å². The fraction of sp³-hybridized carbons (Fsp3) is 0.513. The van der Waals surface area contributed by atoms with Crippen molar-refractivity contribution < 1.29 is 33.9 Å². The summed E-state index contributed by atoms with van der Waals surface area (Å²) in [5.74, 6) is 0. The first-order chi connectivity index (χ1) is 23.7. The molecule has 3 aromatic rings. The number of benzene rings is 3. The third-order valence-corrected chi connectivity index (χ3v) is 8.28. The van der Waals surface area contributed by atoms with Crippen LogP contribution in [0.15, 0.2) is 91.0 Å². The first kappa shape index (κ1) is 44.5. The van der Waals surface area contributed by atoms with Crippen molar-refractivity contribution in [1.29, 1.82) is 5.41 Å². The van der Waals surface area contributed by atoms with Gasteiger partial charge in [-0.15, -0.1) is 0 Å². The summed E-state index contributed by atoms with van der Waals surface area (Å²) in [5.41, 5.74) is 2.42. The van der Waals surface area contributed by atoms with E-state index in [9.17, 15) is 5.11 Å². The number of nitrogens with zero attached hydrogens (tertiary/aromatic N) is 1. The highest BCUT2D eigenvalue weighted by atomic mass is 31.0. The third-order valence-electron chi connectivity index (χ3n) is 7.08. The lowest BCUT2D eigenvalue weighted by Crippen LogP contribution is -2.34. The molecule has 0 amide bonds. The summed E-state index contributed by atoms with van der Waals surface area (Å²) in [6.07, 6.45) is 1.25. The Bertz CT molecular complexity index is 1070. The van der Waals surface area contributed by atoms with Gasteiger partial charge in [0.15, 0.2) is 0 Å². The molecule has 0 heterocycles. The molecule has 49 heavy (non-hydrogen) atoms. The summed E-state index contributed by atoms with van der Waals surface area (Å²) in [5, 5.41) is 23.7. The van der Waals surface area contributed by atoms with Crippen molar-refractivity contribution in [1.82, 2.24) is 4.67 Å². The van der Waals surface area contributed by atoms with Crippen LogP contribution in [0.25, 0.3) is 0 Å². The topological polar surface area (TPSA) is 114 Å². The number of aliphatic hydroxyl groups is 2. The summed E-state index contributed by atoms with van der Waals surface area (Å²) in [6, 6.07) is 32.1. The van der Waals surface area contributed by atoms with Crippen molar-refractivity contribution in [2.45, 2.75) is 64.8 Å². The van der Waals surface area contributed by atoms with Gasteiger partial charge in [-0.2, -0.15) is 0 Å². The van der Waals surface area contributed by atoms with Crippen molar-refractivity contribution in [3.05, 3.63) is 108 Å². The molecule has 3 rings (SSSR count). The fourth-order valence-corrected chi connectivity index (χ4v) is 4.69. The van der Waals surface area contributed by atoms with Gasteiger partial charge in [0.25, 0.3) is 0 Å². The highest BCUT2D eigenvalue weighted by Gasteiger charge is 2.37. The molecule has 2 unspecified atom stereocenters. The minimum atomic E-state index is -0.755. The quantitative estimate of drug-likeness (QED) is 0.0481. The van der Waals surface area contributed by atoms with Crippen molar-refractivity contribution in [2.75, 3.05) is 66.1 Å². The van der Waals surface area contributed by atoms with Crippen LogP contribution in [0.1, 0.15) is 57.7 Å². The normalized spacial score (nSPS) is 11.9. The van der Waals surface area contributed by atoms with E-state index in [1.165, 1.54) is 0 Å². The molecule has 0 radical (unpaired) electrons. The van der Waals surface area contributed by atoms with Crippen LogP contribution in [0, 0.1) is 5.41 Å². The maximum atomic E-state index is 9.96. The summed E-state index contributed by atoms with van der Waals surface area (Å²) >= 11 is 0. The van der Waals surface area contributed by atoms with Crippen LogP contribution in [-0.4, -0.2) is 105 Å². The van der Waals surface area contributed by atoms with Gasteiger partial charge in [0.05, 0.1) is 59.5 Å². The second kappa shape index (κ2) is 28.2. The lowest BCUT2D eigenvalue weighted by molar-refractivity contribution is -0.0529. The second-order valence-corrected chi connectivity index (χ2v) is 12.3. The Balaban J connectivity index is 0.000000854. The van der Waals surface area contributed by atoms with E-state index >= 15 is 0 Å². The predicted octanol–water partition coefficient (Wildman–Crippen LogP) is 6.36. The van der Waals surface area contributed by atoms with Gasteiger partial charge in [-0.05, 0) is 50.8 Å². The molecule has 0 saturated carbocycles. The minimum absolute atomic E-state index is 0.139. The molecule has 274 valence electrons. The monoisotopic (exact) mass is 700 g/mol. The molecule has 9 nitrogen and oxygen atoms in total. The highest BCUT2D eigenvalue weighted by molar-refractivity contribution is 7.13. The number of aliphatic hydroxyl groups excluding tert-OH is 2. The van der Waals surface area contributed by atoms with Gasteiger partial charge in [0.1, 0.15) is 11.7 Å². The number of hydrogen-bond donors (Lipinski definition) is 3. The lowest BCUT2D eigenvalue weighted by atomic mass is 9.80. The first-order valence-electron chi connectivity index (χ1n) is 17.2. The van der Waals surface area contributed by atoms with Gasteiger partial charge in [-0.3, -0.25) is 4.67 Å². The molecule has 0 aliphatic rings. The molecule has 0 aliphatic heterocycles. The Labute approximate surface area is 297 Å². The number of ether oxygens (including phenoxy) is 5. The molecular formula is C39H61N2O7P. The standard InChI is InChI=1S/C31H40O6.C6H16NP.C2H5NO/c1-2-18-33-19-21-35-25-30(32)26-36-22-20-34-23-24-37-31(27-12-6-3-7-13-27,28-14-8-4-9-15-28)29-16-10-5-11-17-29;1-5(2)7(8)6(3)4;3-1-2-4/h3-17,30,32H,2,18-26H2,1H3;5-6H,8H2,1-4H3;1,3-4H,2H2. The van der Waals surface area contributed by atoms with Gasteiger partial charge in [0.2, 0.25) is 0 Å². The number of rotatable bonds is 22. The number of hydrogen-bond acceptors (Lipinski definition) is 9. The van der Waals surface area contributed by atoms with E-state index in [0.29, 0.717) is 51.7 Å². The average Bonchev–Trinajstić information content (AvgIpc) is 3.13. The Morgan fingerprint density at radius 1 is 0.653 bits per heavy atom. The summed E-state index contributed by atoms with van der Waals surface area (Å²) in [7, 11) is 2.72. The van der Waals surface area contributed by atoms with Crippen LogP contribution in [0.2, 0.25) is 0 Å². The zero-order valence-corrected chi connectivity index (χ0v) is 31.4.